The average Bonchev–Trinajstić information content (AvgIpc) is 2.97. The van der Waals surface area contributed by atoms with Gasteiger partial charge in [0.1, 0.15) is 5.82 Å². The molecule has 1 aliphatic heterocycles. The van der Waals surface area contributed by atoms with Gasteiger partial charge in [0.15, 0.2) is 11.5 Å². The molecule has 0 spiro atoms. The Balaban J connectivity index is 1.66. The first-order valence-electron chi connectivity index (χ1n) is 7.75. The molecule has 1 saturated carbocycles. The fourth-order valence-corrected chi connectivity index (χ4v) is 3.68. The van der Waals surface area contributed by atoms with Crippen LogP contribution in [-0.4, -0.2) is 28.9 Å². The van der Waals surface area contributed by atoms with Crippen LogP contribution in [0.1, 0.15) is 49.0 Å². The number of aromatic nitrogens is 1. The molecule has 0 radical (unpaired) electrons. The molecular formula is C16H20F2N2O. The number of hydrogen-bond acceptors (Lipinski definition) is 2. The Morgan fingerprint density at radius 2 is 1.90 bits per heavy atom. The van der Waals surface area contributed by atoms with Crippen LogP contribution in [0.5, 0.6) is 0 Å². The van der Waals surface area contributed by atoms with E-state index < -0.39 is 17.5 Å². The van der Waals surface area contributed by atoms with Crippen molar-refractivity contribution in [1.29, 1.82) is 0 Å². The molecule has 2 heterocycles. The number of pyridine rings is 1. The molecule has 1 aromatic rings. The Morgan fingerprint density at radius 1 is 1.14 bits per heavy atom. The first-order chi connectivity index (χ1) is 10.1. The van der Waals surface area contributed by atoms with E-state index in [1.807, 2.05) is 0 Å². The highest BCUT2D eigenvalue weighted by Crippen LogP contribution is 2.35. The van der Waals surface area contributed by atoms with E-state index in [-0.39, 0.29) is 5.69 Å². The Morgan fingerprint density at radius 3 is 2.62 bits per heavy atom. The van der Waals surface area contributed by atoms with E-state index in [0.29, 0.717) is 24.9 Å². The van der Waals surface area contributed by atoms with Gasteiger partial charge in [-0.15, -0.1) is 0 Å². The van der Waals surface area contributed by atoms with Crippen LogP contribution in [0.2, 0.25) is 0 Å². The summed E-state index contributed by atoms with van der Waals surface area (Å²) >= 11 is 0. The van der Waals surface area contributed by atoms with Crippen LogP contribution in [-0.2, 0) is 0 Å². The molecule has 1 unspecified atom stereocenters. The van der Waals surface area contributed by atoms with Crippen LogP contribution in [0.4, 0.5) is 8.78 Å². The molecule has 3 rings (SSSR count). The van der Waals surface area contributed by atoms with Crippen LogP contribution in [0.25, 0.3) is 0 Å². The summed E-state index contributed by atoms with van der Waals surface area (Å²) in [4.78, 5) is 17.6. The fraction of sp³-hybridized carbons (Fsp3) is 0.625. The quantitative estimate of drug-likeness (QED) is 0.837. The van der Waals surface area contributed by atoms with E-state index in [4.69, 9.17) is 0 Å². The smallest absolute Gasteiger partial charge is 0.275 e. The summed E-state index contributed by atoms with van der Waals surface area (Å²) in [7, 11) is 0. The predicted octanol–water partition coefficient (Wildman–Crippen LogP) is 3.40. The number of amides is 1. The van der Waals surface area contributed by atoms with Gasteiger partial charge in [0, 0.05) is 19.2 Å². The third-order valence-corrected chi connectivity index (χ3v) is 4.84. The molecule has 1 aromatic heterocycles. The molecule has 1 amide bonds. The Bertz CT molecular complexity index is 529. The standard InChI is InChI=1S/C16H20F2N2O/c17-13-8-14(18)15(19-9-13)16(21)20-7-6-12(10-20)11-4-2-1-3-5-11/h8-9,11-12H,1-7,10H2. The van der Waals surface area contributed by atoms with Gasteiger partial charge in [-0.25, -0.2) is 13.8 Å². The number of carbonyl (C=O) groups excluding carboxylic acids is 1. The highest BCUT2D eigenvalue weighted by molar-refractivity contribution is 5.92. The molecule has 1 aliphatic carbocycles. The van der Waals surface area contributed by atoms with E-state index in [1.165, 1.54) is 32.1 Å². The first kappa shape index (κ1) is 14.4. The van der Waals surface area contributed by atoms with E-state index in [2.05, 4.69) is 4.98 Å². The lowest BCUT2D eigenvalue weighted by molar-refractivity contribution is 0.0768. The van der Waals surface area contributed by atoms with Gasteiger partial charge in [0.25, 0.3) is 5.91 Å². The van der Waals surface area contributed by atoms with E-state index >= 15 is 0 Å². The fourth-order valence-electron chi connectivity index (χ4n) is 3.68. The minimum Gasteiger partial charge on any atom is -0.337 e. The van der Waals surface area contributed by atoms with Gasteiger partial charge in [-0.05, 0) is 18.3 Å². The zero-order valence-corrected chi connectivity index (χ0v) is 12.0. The molecule has 114 valence electrons. The summed E-state index contributed by atoms with van der Waals surface area (Å²) in [5.41, 5.74) is -0.263. The minimum absolute atomic E-state index is 0.263. The van der Waals surface area contributed by atoms with Crippen molar-refractivity contribution in [2.45, 2.75) is 38.5 Å². The van der Waals surface area contributed by atoms with Gasteiger partial charge in [0.05, 0.1) is 6.20 Å². The SMILES string of the molecule is O=C(c1ncc(F)cc1F)N1CCC(C2CCCCC2)C1. The highest BCUT2D eigenvalue weighted by atomic mass is 19.1. The summed E-state index contributed by atoms with van der Waals surface area (Å²) < 4.78 is 26.5. The Kier molecular flexibility index (Phi) is 4.17. The molecule has 1 atom stereocenters. The van der Waals surface area contributed by atoms with Crippen LogP contribution >= 0.6 is 0 Å². The number of rotatable bonds is 2. The number of hydrogen-bond donors (Lipinski definition) is 0. The maximum Gasteiger partial charge on any atom is 0.275 e. The molecule has 2 aliphatic rings. The average molecular weight is 294 g/mol. The molecule has 5 heteroatoms. The number of nitrogens with zero attached hydrogens (tertiary/aromatic N) is 2. The molecule has 0 aromatic carbocycles. The first-order valence-corrected chi connectivity index (χ1v) is 7.75. The van der Waals surface area contributed by atoms with Gasteiger partial charge < -0.3 is 4.90 Å². The third kappa shape index (κ3) is 3.06. The van der Waals surface area contributed by atoms with Gasteiger partial charge in [-0.1, -0.05) is 32.1 Å². The molecule has 2 fully saturated rings. The second-order valence-corrected chi connectivity index (χ2v) is 6.18. The molecule has 0 N–H and O–H groups in total. The maximum atomic E-state index is 13.7. The lowest BCUT2D eigenvalue weighted by atomic mass is 9.80. The second-order valence-electron chi connectivity index (χ2n) is 6.18. The number of carbonyl (C=O) groups is 1. The van der Waals surface area contributed by atoms with Crippen LogP contribution in [0, 0.1) is 23.5 Å². The van der Waals surface area contributed by atoms with E-state index in [9.17, 15) is 13.6 Å². The summed E-state index contributed by atoms with van der Waals surface area (Å²) in [6.07, 6.45) is 8.25. The van der Waals surface area contributed by atoms with Crippen molar-refractivity contribution in [2.75, 3.05) is 13.1 Å². The Labute approximate surface area is 123 Å². The third-order valence-electron chi connectivity index (χ3n) is 4.84. The number of likely N-dealkylation sites (tertiary alicyclic amines) is 1. The van der Waals surface area contributed by atoms with Crippen LogP contribution in [0.15, 0.2) is 12.3 Å². The van der Waals surface area contributed by atoms with Crippen molar-refractivity contribution in [3.05, 3.63) is 29.6 Å². The zero-order valence-electron chi connectivity index (χ0n) is 12.0. The number of halogens is 2. The summed E-state index contributed by atoms with van der Waals surface area (Å²) in [6.45, 7) is 1.33. The monoisotopic (exact) mass is 294 g/mol. The van der Waals surface area contributed by atoms with Crippen molar-refractivity contribution in [1.82, 2.24) is 9.88 Å². The van der Waals surface area contributed by atoms with Crippen molar-refractivity contribution in [2.24, 2.45) is 11.8 Å². The summed E-state index contributed by atoms with van der Waals surface area (Å²) in [6, 6.07) is 0.717. The summed E-state index contributed by atoms with van der Waals surface area (Å²) in [5, 5.41) is 0. The van der Waals surface area contributed by atoms with E-state index in [0.717, 1.165) is 18.7 Å². The van der Waals surface area contributed by atoms with Gasteiger partial charge in [-0.2, -0.15) is 0 Å². The molecular weight excluding hydrogens is 274 g/mol. The molecule has 1 saturated heterocycles. The van der Waals surface area contributed by atoms with Gasteiger partial charge in [-0.3, -0.25) is 4.79 Å². The lowest BCUT2D eigenvalue weighted by Crippen LogP contribution is -2.31. The predicted molar refractivity (Wildman–Crippen MR) is 74.7 cm³/mol. The van der Waals surface area contributed by atoms with Crippen molar-refractivity contribution < 1.29 is 13.6 Å². The van der Waals surface area contributed by atoms with Crippen molar-refractivity contribution in [3.8, 4) is 0 Å². The van der Waals surface area contributed by atoms with E-state index in [1.54, 1.807) is 4.90 Å². The minimum atomic E-state index is -0.874. The molecule has 3 nitrogen and oxygen atoms in total. The zero-order chi connectivity index (χ0) is 14.8. The lowest BCUT2D eigenvalue weighted by Gasteiger charge is -2.27. The molecule has 0 bridgehead atoms. The van der Waals surface area contributed by atoms with Gasteiger partial charge >= 0.3 is 0 Å². The largest absolute Gasteiger partial charge is 0.337 e. The highest BCUT2D eigenvalue weighted by Gasteiger charge is 2.33. The normalized spacial score (nSPS) is 23.5. The second kappa shape index (κ2) is 6.08. The summed E-state index contributed by atoms with van der Waals surface area (Å²) in [5.74, 6) is -0.821. The molecule has 21 heavy (non-hydrogen) atoms. The topological polar surface area (TPSA) is 33.2 Å². The van der Waals surface area contributed by atoms with Crippen LogP contribution in [0.3, 0.4) is 0 Å². The van der Waals surface area contributed by atoms with Gasteiger partial charge in [0.2, 0.25) is 0 Å². The van der Waals surface area contributed by atoms with Crippen LogP contribution < -0.4 is 0 Å². The van der Waals surface area contributed by atoms with Crippen molar-refractivity contribution in [3.63, 3.8) is 0 Å². The maximum absolute atomic E-state index is 13.7. The Hall–Kier alpha value is -1.52. The van der Waals surface area contributed by atoms with Crippen molar-refractivity contribution >= 4 is 5.91 Å².